The molecule has 2 amide bonds. The van der Waals surface area contributed by atoms with E-state index in [1.807, 2.05) is 36.6 Å². The zero-order valence-corrected chi connectivity index (χ0v) is 20.1. The minimum absolute atomic E-state index is 0.0833. The van der Waals surface area contributed by atoms with E-state index >= 15 is 0 Å². The third-order valence-corrected chi connectivity index (χ3v) is 6.04. The van der Waals surface area contributed by atoms with Gasteiger partial charge in [0.2, 0.25) is 0 Å². The molecule has 178 valence electrons. The van der Waals surface area contributed by atoms with E-state index in [0.717, 1.165) is 5.56 Å². The van der Waals surface area contributed by atoms with Crippen molar-refractivity contribution in [1.82, 2.24) is 20.0 Å². The van der Waals surface area contributed by atoms with Gasteiger partial charge in [-0.25, -0.2) is 15.0 Å². The third kappa shape index (κ3) is 5.68. The van der Waals surface area contributed by atoms with E-state index in [-0.39, 0.29) is 28.4 Å². The van der Waals surface area contributed by atoms with Crippen molar-refractivity contribution in [3.8, 4) is 0 Å². The number of rotatable bonds is 7. The predicted octanol–water partition coefficient (Wildman–Crippen LogP) is 4.02. The molecule has 0 spiro atoms. The van der Waals surface area contributed by atoms with E-state index in [1.165, 1.54) is 42.2 Å². The van der Waals surface area contributed by atoms with E-state index in [2.05, 4.69) is 20.3 Å². The van der Waals surface area contributed by atoms with Gasteiger partial charge in [0.15, 0.2) is 5.16 Å². The summed E-state index contributed by atoms with van der Waals surface area (Å²) >= 11 is 7.53. The van der Waals surface area contributed by atoms with Gasteiger partial charge >= 0.3 is 0 Å². The Morgan fingerprint density at radius 3 is 2.69 bits per heavy atom. The maximum absolute atomic E-state index is 12.8. The molecular formula is C24H20ClN5O4S. The Balaban J connectivity index is 1.51. The Hall–Kier alpha value is -3.73. The van der Waals surface area contributed by atoms with Gasteiger partial charge in [-0.15, -0.1) is 0 Å². The Bertz CT molecular complexity index is 1460. The minimum Gasteiger partial charge on any atom is -0.320 e. The molecule has 0 unspecified atom stereocenters. The molecule has 0 radical (unpaired) electrons. The van der Waals surface area contributed by atoms with Crippen LogP contribution in [0.15, 0.2) is 70.7 Å². The number of H-pyrrole nitrogens is 1. The number of nitrogens with zero attached hydrogens (tertiary/aromatic N) is 3. The van der Waals surface area contributed by atoms with Crippen LogP contribution in [-0.2, 0) is 6.42 Å². The molecule has 4 aromatic rings. The van der Waals surface area contributed by atoms with Crippen molar-refractivity contribution in [2.24, 2.45) is 0 Å². The van der Waals surface area contributed by atoms with Crippen LogP contribution in [0, 0.1) is 0 Å². The summed E-state index contributed by atoms with van der Waals surface area (Å²) in [6, 6.07) is 15.0. The van der Waals surface area contributed by atoms with E-state index < -0.39 is 17.4 Å². The summed E-state index contributed by atoms with van der Waals surface area (Å²) in [7, 11) is 0. The summed E-state index contributed by atoms with van der Waals surface area (Å²) in [6.07, 6.45) is 3.79. The summed E-state index contributed by atoms with van der Waals surface area (Å²) in [5.74, 6) is -1.38. The number of carbonyl (C=O) groups excluding carboxylic acids is 2. The molecule has 2 heterocycles. The van der Waals surface area contributed by atoms with Crippen molar-refractivity contribution >= 4 is 51.9 Å². The first-order valence-corrected chi connectivity index (χ1v) is 12.1. The van der Waals surface area contributed by atoms with Crippen molar-refractivity contribution in [2.75, 3.05) is 18.1 Å². The summed E-state index contributed by atoms with van der Waals surface area (Å²) in [4.78, 5) is 49.0. The van der Waals surface area contributed by atoms with Crippen LogP contribution in [0.4, 0.5) is 5.69 Å². The number of aromatic amines is 1. The highest BCUT2D eigenvalue weighted by atomic mass is 35.5. The number of anilines is 1. The lowest BCUT2D eigenvalue weighted by atomic mass is 10.1. The number of hydroxylamine groups is 2. The Kier molecular flexibility index (Phi) is 7.45. The maximum atomic E-state index is 12.8. The number of hydrogen-bond acceptors (Lipinski definition) is 7. The monoisotopic (exact) mass is 509 g/mol. The first-order chi connectivity index (χ1) is 16.9. The van der Waals surface area contributed by atoms with Gasteiger partial charge in [0.25, 0.3) is 17.4 Å². The lowest BCUT2D eigenvalue weighted by Gasteiger charge is -2.16. The standard InChI is InChI=1S/C24H20ClN5O4S/c1-35-24-26-13-16-11-17(22(32)28-20(16)29-24)21(31)27-19-12-15(7-8-18(19)25)23(33)30(34)10-9-14-5-3-2-4-6-14/h2-8,11-13,34H,9-10H2,1H3,(H,27,31)(H,26,28,29,32). The molecule has 2 aromatic heterocycles. The molecule has 0 saturated heterocycles. The highest BCUT2D eigenvalue weighted by molar-refractivity contribution is 7.98. The SMILES string of the molecule is CSc1ncc2cc(C(=O)Nc3cc(C(=O)N(O)CCc4ccccc4)ccc3Cl)c(=O)[nH]c2n1. The van der Waals surface area contributed by atoms with Gasteiger partial charge in [-0.3, -0.25) is 19.6 Å². The second kappa shape index (κ2) is 10.7. The molecule has 0 fully saturated rings. The molecular weight excluding hydrogens is 490 g/mol. The number of halogens is 1. The van der Waals surface area contributed by atoms with E-state index in [9.17, 15) is 19.6 Å². The number of pyridine rings is 1. The fraction of sp³-hybridized carbons (Fsp3) is 0.125. The molecule has 0 bridgehead atoms. The molecule has 0 saturated carbocycles. The van der Waals surface area contributed by atoms with Crippen LogP contribution in [0.3, 0.4) is 0 Å². The number of fused-ring (bicyclic) bond motifs is 1. The van der Waals surface area contributed by atoms with Crippen molar-refractivity contribution in [3.63, 3.8) is 0 Å². The molecule has 0 atom stereocenters. The molecule has 0 aliphatic carbocycles. The Morgan fingerprint density at radius 2 is 1.94 bits per heavy atom. The van der Waals surface area contributed by atoms with Crippen LogP contribution >= 0.6 is 23.4 Å². The smallest absolute Gasteiger partial charge is 0.277 e. The summed E-state index contributed by atoms with van der Waals surface area (Å²) < 4.78 is 0. The van der Waals surface area contributed by atoms with E-state index in [1.54, 1.807) is 0 Å². The number of benzene rings is 2. The van der Waals surface area contributed by atoms with Gasteiger partial charge < -0.3 is 10.3 Å². The van der Waals surface area contributed by atoms with Crippen LogP contribution in [0.5, 0.6) is 0 Å². The quantitative estimate of drug-likeness (QED) is 0.148. The molecule has 4 rings (SSSR count). The predicted molar refractivity (Wildman–Crippen MR) is 134 cm³/mol. The van der Waals surface area contributed by atoms with Crippen LogP contribution < -0.4 is 10.9 Å². The van der Waals surface area contributed by atoms with Crippen LogP contribution in [0.2, 0.25) is 5.02 Å². The minimum atomic E-state index is -0.724. The Morgan fingerprint density at radius 1 is 1.17 bits per heavy atom. The Labute approximate surface area is 209 Å². The van der Waals surface area contributed by atoms with Crippen molar-refractivity contribution < 1.29 is 14.8 Å². The third-order valence-electron chi connectivity index (χ3n) is 5.15. The van der Waals surface area contributed by atoms with E-state index in [0.29, 0.717) is 27.7 Å². The zero-order chi connectivity index (χ0) is 24.9. The van der Waals surface area contributed by atoms with Gasteiger partial charge in [0.05, 0.1) is 17.3 Å². The fourth-order valence-corrected chi connectivity index (χ4v) is 3.82. The van der Waals surface area contributed by atoms with Crippen LogP contribution in [0.25, 0.3) is 11.0 Å². The summed E-state index contributed by atoms with van der Waals surface area (Å²) in [5, 5.41) is 14.5. The number of hydrogen-bond donors (Lipinski definition) is 3. The van der Waals surface area contributed by atoms with Crippen LogP contribution in [-0.4, -0.2) is 49.8 Å². The summed E-state index contributed by atoms with van der Waals surface area (Å²) in [5.41, 5.74) is 0.719. The normalized spacial score (nSPS) is 10.8. The van der Waals surface area contributed by atoms with Crippen molar-refractivity contribution in [1.29, 1.82) is 0 Å². The van der Waals surface area contributed by atoms with Crippen LogP contribution in [0.1, 0.15) is 26.3 Å². The van der Waals surface area contributed by atoms with Crippen molar-refractivity contribution in [2.45, 2.75) is 11.6 Å². The number of nitrogens with one attached hydrogen (secondary N) is 2. The van der Waals surface area contributed by atoms with Gasteiger partial charge in [-0.2, -0.15) is 0 Å². The van der Waals surface area contributed by atoms with E-state index in [4.69, 9.17) is 11.6 Å². The molecule has 0 aliphatic rings. The average Bonchev–Trinajstić information content (AvgIpc) is 2.87. The number of aromatic nitrogens is 3. The largest absolute Gasteiger partial charge is 0.320 e. The van der Waals surface area contributed by atoms with Crippen molar-refractivity contribution in [3.05, 3.63) is 92.9 Å². The van der Waals surface area contributed by atoms with Gasteiger partial charge in [0.1, 0.15) is 11.2 Å². The van der Waals surface area contributed by atoms with Gasteiger partial charge in [0, 0.05) is 17.1 Å². The first-order valence-electron chi connectivity index (χ1n) is 10.5. The maximum Gasteiger partial charge on any atom is 0.277 e. The average molecular weight is 510 g/mol. The lowest BCUT2D eigenvalue weighted by Crippen LogP contribution is -2.29. The molecule has 3 N–H and O–H groups in total. The zero-order valence-electron chi connectivity index (χ0n) is 18.5. The van der Waals surface area contributed by atoms with Gasteiger partial charge in [-0.1, -0.05) is 53.7 Å². The topological polar surface area (TPSA) is 128 Å². The van der Waals surface area contributed by atoms with Gasteiger partial charge in [-0.05, 0) is 42.5 Å². The first kappa shape index (κ1) is 24.4. The second-order valence-corrected chi connectivity index (χ2v) is 8.67. The highest BCUT2D eigenvalue weighted by Crippen LogP contribution is 2.24. The highest BCUT2D eigenvalue weighted by Gasteiger charge is 2.18. The molecule has 35 heavy (non-hydrogen) atoms. The molecule has 2 aromatic carbocycles. The fourth-order valence-electron chi connectivity index (χ4n) is 3.32. The molecule has 9 nitrogen and oxygen atoms in total. The molecule has 0 aliphatic heterocycles. The second-order valence-electron chi connectivity index (χ2n) is 7.49. The number of carbonyl (C=O) groups is 2. The molecule has 11 heteroatoms. The number of thioether (sulfide) groups is 1. The summed E-state index contributed by atoms with van der Waals surface area (Å²) in [6.45, 7) is 0.0833. The lowest BCUT2D eigenvalue weighted by molar-refractivity contribution is -0.0571. The number of amides is 2.